The third kappa shape index (κ3) is 3.05. The summed E-state index contributed by atoms with van der Waals surface area (Å²) >= 11 is 0. The zero-order chi connectivity index (χ0) is 13.8. The van der Waals surface area contributed by atoms with Gasteiger partial charge in [0, 0.05) is 12.2 Å². The van der Waals surface area contributed by atoms with Gasteiger partial charge >= 0.3 is 0 Å². The lowest BCUT2D eigenvalue weighted by molar-refractivity contribution is 0.284. The van der Waals surface area contributed by atoms with Crippen molar-refractivity contribution >= 4 is 5.69 Å². The molecule has 0 spiro atoms. The predicted octanol–water partition coefficient (Wildman–Crippen LogP) is 2.47. The Hall–Kier alpha value is -2.04. The van der Waals surface area contributed by atoms with Gasteiger partial charge in [0.1, 0.15) is 18.7 Å². The lowest BCUT2D eigenvalue weighted by Gasteiger charge is -2.11. The van der Waals surface area contributed by atoms with Crippen LogP contribution in [0.1, 0.15) is 30.3 Å². The molecular weight excluding hydrogens is 240 g/mol. The second-order valence-corrected chi connectivity index (χ2v) is 4.66. The molecule has 0 radical (unpaired) electrons. The number of ether oxygens (including phenoxy) is 1. The van der Waals surface area contributed by atoms with Crippen molar-refractivity contribution in [1.82, 2.24) is 14.8 Å². The van der Waals surface area contributed by atoms with E-state index in [-0.39, 0.29) is 0 Å². The second kappa shape index (κ2) is 5.73. The SMILES string of the molecule is CCCn1ncnc1COc1cc(C)c(N)cc1C. The molecule has 0 aliphatic heterocycles. The monoisotopic (exact) mass is 260 g/mol. The van der Waals surface area contributed by atoms with Crippen LogP contribution in [0.3, 0.4) is 0 Å². The highest BCUT2D eigenvalue weighted by atomic mass is 16.5. The highest BCUT2D eigenvalue weighted by Gasteiger charge is 2.07. The number of hydrogen-bond donors (Lipinski definition) is 1. The largest absolute Gasteiger partial charge is 0.485 e. The Bertz CT molecular complexity index is 563. The van der Waals surface area contributed by atoms with E-state index in [1.807, 2.05) is 30.7 Å². The summed E-state index contributed by atoms with van der Waals surface area (Å²) in [6.07, 6.45) is 2.59. The number of nitrogens with two attached hydrogens (primary N) is 1. The van der Waals surface area contributed by atoms with E-state index < -0.39 is 0 Å². The van der Waals surface area contributed by atoms with Gasteiger partial charge in [0.25, 0.3) is 0 Å². The van der Waals surface area contributed by atoms with Gasteiger partial charge in [0.2, 0.25) is 0 Å². The zero-order valence-corrected chi connectivity index (χ0v) is 11.7. The lowest BCUT2D eigenvalue weighted by Crippen LogP contribution is -2.09. The maximum absolute atomic E-state index is 5.86. The van der Waals surface area contributed by atoms with Crippen LogP contribution in [-0.4, -0.2) is 14.8 Å². The molecule has 0 bridgehead atoms. The third-order valence-electron chi connectivity index (χ3n) is 3.05. The fourth-order valence-electron chi connectivity index (χ4n) is 1.91. The Morgan fingerprint density at radius 3 is 2.79 bits per heavy atom. The normalized spacial score (nSPS) is 10.7. The molecule has 0 aliphatic carbocycles. The van der Waals surface area contributed by atoms with E-state index in [2.05, 4.69) is 17.0 Å². The molecule has 0 amide bonds. The number of nitrogens with zero attached hydrogens (tertiary/aromatic N) is 3. The standard InChI is InChI=1S/C14H20N4O/c1-4-5-18-14(16-9-17-18)8-19-13-7-10(2)12(15)6-11(13)3/h6-7,9H,4-5,8,15H2,1-3H3. The number of aryl methyl sites for hydroxylation is 3. The molecule has 0 saturated heterocycles. The summed E-state index contributed by atoms with van der Waals surface area (Å²) in [5.41, 5.74) is 8.71. The summed E-state index contributed by atoms with van der Waals surface area (Å²) < 4.78 is 7.70. The van der Waals surface area contributed by atoms with Gasteiger partial charge in [-0.1, -0.05) is 6.92 Å². The van der Waals surface area contributed by atoms with Crippen molar-refractivity contribution in [2.24, 2.45) is 0 Å². The molecule has 1 heterocycles. The minimum Gasteiger partial charge on any atom is -0.485 e. The quantitative estimate of drug-likeness (QED) is 0.839. The molecule has 0 saturated carbocycles. The molecule has 5 heteroatoms. The van der Waals surface area contributed by atoms with Gasteiger partial charge in [0.15, 0.2) is 5.82 Å². The van der Waals surface area contributed by atoms with Gasteiger partial charge in [-0.3, -0.25) is 0 Å². The van der Waals surface area contributed by atoms with Crippen molar-refractivity contribution in [3.05, 3.63) is 35.4 Å². The minimum atomic E-state index is 0.421. The molecule has 2 rings (SSSR count). The summed E-state index contributed by atoms with van der Waals surface area (Å²) in [7, 11) is 0. The van der Waals surface area contributed by atoms with Crippen molar-refractivity contribution < 1.29 is 4.74 Å². The average Bonchev–Trinajstić information content (AvgIpc) is 2.80. The van der Waals surface area contributed by atoms with Crippen LogP contribution < -0.4 is 10.5 Å². The zero-order valence-electron chi connectivity index (χ0n) is 11.7. The van der Waals surface area contributed by atoms with Crippen LogP contribution in [0, 0.1) is 13.8 Å². The molecule has 102 valence electrons. The van der Waals surface area contributed by atoms with Crippen molar-refractivity contribution in [3.63, 3.8) is 0 Å². The summed E-state index contributed by atoms with van der Waals surface area (Å²) in [4.78, 5) is 4.22. The van der Waals surface area contributed by atoms with Crippen molar-refractivity contribution in [1.29, 1.82) is 0 Å². The highest BCUT2D eigenvalue weighted by Crippen LogP contribution is 2.24. The van der Waals surface area contributed by atoms with Crippen LogP contribution >= 0.6 is 0 Å². The molecule has 0 fully saturated rings. The van der Waals surface area contributed by atoms with Crippen LogP contribution in [0.2, 0.25) is 0 Å². The van der Waals surface area contributed by atoms with E-state index in [1.54, 1.807) is 6.33 Å². The second-order valence-electron chi connectivity index (χ2n) is 4.66. The molecule has 1 aromatic carbocycles. The minimum absolute atomic E-state index is 0.421. The number of benzene rings is 1. The predicted molar refractivity (Wildman–Crippen MR) is 75.0 cm³/mol. The molecule has 0 unspecified atom stereocenters. The molecule has 0 aliphatic rings. The first-order valence-electron chi connectivity index (χ1n) is 6.48. The number of nitrogen functional groups attached to an aromatic ring is 1. The van der Waals surface area contributed by atoms with E-state index in [4.69, 9.17) is 10.5 Å². The average molecular weight is 260 g/mol. The van der Waals surface area contributed by atoms with Gasteiger partial charge in [-0.05, 0) is 43.5 Å². The highest BCUT2D eigenvalue weighted by molar-refractivity contribution is 5.53. The molecule has 2 aromatic rings. The van der Waals surface area contributed by atoms with Crippen LogP contribution in [0.4, 0.5) is 5.69 Å². The molecular formula is C14H20N4O. The van der Waals surface area contributed by atoms with E-state index in [0.717, 1.165) is 41.4 Å². The van der Waals surface area contributed by atoms with Gasteiger partial charge in [-0.25, -0.2) is 9.67 Å². The Kier molecular flexibility index (Phi) is 4.04. The van der Waals surface area contributed by atoms with E-state index in [9.17, 15) is 0 Å². The summed E-state index contributed by atoms with van der Waals surface area (Å²) in [5, 5.41) is 4.18. The third-order valence-corrected chi connectivity index (χ3v) is 3.05. The van der Waals surface area contributed by atoms with Crippen LogP contribution in [0.15, 0.2) is 18.5 Å². The Morgan fingerprint density at radius 1 is 1.26 bits per heavy atom. The fraction of sp³-hybridized carbons (Fsp3) is 0.429. The van der Waals surface area contributed by atoms with Crippen molar-refractivity contribution in [2.45, 2.75) is 40.3 Å². The molecule has 2 N–H and O–H groups in total. The molecule has 19 heavy (non-hydrogen) atoms. The molecule has 5 nitrogen and oxygen atoms in total. The number of rotatable bonds is 5. The lowest BCUT2D eigenvalue weighted by atomic mass is 10.1. The van der Waals surface area contributed by atoms with Gasteiger partial charge in [-0.2, -0.15) is 5.10 Å². The first-order valence-corrected chi connectivity index (χ1v) is 6.48. The first kappa shape index (κ1) is 13.4. The van der Waals surface area contributed by atoms with Crippen LogP contribution in [0.25, 0.3) is 0 Å². The van der Waals surface area contributed by atoms with Gasteiger partial charge in [-0.15, -0.1) is 0 Å². The Balaban J connectivity index is 2.10. The summed E-state index contributed by atoms with van der Waals surface area (Å²) in [6, 6.07) is 3.90. The smallest absolute Gasteiger partial charge is 0.164 e. The molecule has 0 atom stereocenters. The maximum atomic E-state index is 5.86. The number of hydrogen-bond acceptors (Lipinski definition) is 4. The van der Waals surface area contributed by atoms with Crippen molar-refractivity contribution in [3.8, 4) is 5.75 Å². The number of aromatic nitrogens is 3. The van der Waals surface area contributed by atoms with E-state index in [1.165, 1.54) is 0 Å². The van der Waals surface area contributed by atoms with Crippen LogP contribution in [-0.2, 0) is 13.2 Å². The number of anilines is 1. The van der Waals surface area contributed by atoms with E-state index >= 15 is 0 Å². The molecule has 1 aromatic heterocycles. The van der Waals surface area contributed by atoms with Crippen molar-refractivity contribution in [2.75, 3.05) is 5.73 Å². The maximum Gasteiger partial charge on any atom is 0.164 e. The van der Waals surface area contributed by atoms with Gasteiger partial charge < -0.3 is 10.5 Å². The van der Waals surface area contributed by atoms with E-state index in [0.29, 0.717) is 6.61 Å². The first-order chi connectivity index (χ1) is 9.11. The van der Waals surface area contributed by atoms with Gasteiger partial charge in [0.05, 0.1) is 0 Å². The fourth-order valence-corrected chi connectivity index (χ4v) is 1.91. The summed E-state index contributed by atoms with van der Waals surface area (Å²) in [5.74, 6) is 1.69. The Labute approximate surface area is 113 Å². The Morgan fingerprint density at radius 2 is 2.05 bits per heavy atom. The topological polar surface area (TPSA) is 66.0 Å². The van der Waals surface area contributed by atoms with Crippen LogP contribution in [0.5, 0.6) is 5.75 Å². The summed E-state index contributed by atoms with van der Waals surface area (Å²) in [6.45, 7) is 7.35.